The van der Waals surface area contributed by atoms with Crippen molar-refractivity contribution < 1.29 is 9.72 Å². The fourth-order valence-electron chi connectivity index (χ4n) is 1.75. The van der Waals surface area contributed by atoms with Crippen LogP contribution < -0.4 is 10.1 Å². The molecule has 0 aliphatic rings. The highest BCUT2D eigenvalue weighted by molar-refractivity contribution is 7.99. The summed E-state index contributed by atoms with van der Waals surface area (Å²) in [6.07, 6.45) is 3.04. The zero-order chi connectivity index (χ0) is 18.2. The minimum atomic E-state index is -0.479. The lowest BCUT2D eigenvalue weighted by molar-refractivity contribution is -0.387. The van der Waals surface area contributed by atoms with Crippen molar-refractivity contribution >= 4 is 53.2 Å². The molecule has 2 amide bonds. The van der Waals surface area contributed by atoms with Crippen LogP contribution in [0.25, 0.3) is 0 Å². The standard InChI is InChI=1S/C15H13ClN4O3S2/c1-24-19-15(21)18-17-9-10-2-7-14(13(8-10)20(22)23)25-12-5-3-11(16)4-6-12/h2-9H,1H3,(H2,18,19,21)/b17-9+. The van der Waals surface area contributed by atoms with Gasteiger partial charge in [0.15, 0.2) is 0 Å². The Kier molecular flexibility index (Phi) is 7.11. The summed E-state index contributed by atoms with van der Waals surface area (Å²) in [7, 11) is 0. The van der Waals surface area contributed by atoms with Crippen LogP contribution in [0.15, 0.2) is 57.4 Å². The summed E-state index contributed by atoms with van der Waals surface area (Å²) >= 11 is 8.24. The molecule has 2 N–H and O–H groups in total. The number of hydrogen-bond acceptors (Lipinski definition) is 6. The van der Waals surface area contributed by atoms with Crippen LogP contribution in [0.2, 0.25) is 5.02 Å². The Morgan fingerprint density at radius 1 is 1.28 bits per heavy atom. The van der Waals surface area contributed by atoms with E-state index >= 15 is 0 Å². The predicted molar refractivity (Wildman–Crippen MR) is 101 cm³/mol. The van der Waals surface area contributed by atoms with E-state index in [1.54, 1.807) is 42.7 Å². The molecule has 7 nitrogen and oxygen atoms in total. The summed E-state index contributed by atoms with van der Waals surface area (Å²) in [5, 5.41) is 15.7. The average Bonchev–Trinajstić information content (AvgIpc) is 2.58. The molecule has 2 aromatic rings. The Labute approximate surface area is 157 Å². The highest BCUT2D eigenvalue weighted by Gasteiger charge is 2.15. The summed E-state index contributed by atoms with van der Waals surface area (Å²) in [5.74, 6) is 0. The number of nitrogens with zero attached hydrogens (tertiary/aromatic N) is 2. The first-order valence-corrected chi connectivity index (χ1v) is 9.25. The number of hydrogen-bond donors (Lipinski definition) is 2. The summed E-state index contributed by atoms with van der Waals surface area (Å²) in [6, 6.07) is 11.3. The molecule has 0 bridgehead atoms. The van der Waals surface area contributed by atoms with Crippen molar-refractivity contribution in [2.24, 2.45) is 5.10 Å². The van der Waals surface area contributed by atoms with Gasteiger partial charge in [0, 0.05) is 27.8 Å². The smallest absolute Gasteiger partial charge is 0.281 e. The first-order chi connectivity index (χ1) is 12.0. The normalized spacial score (nSPS) is 10.6. The van der Waals surface area contributed by atoms with Gasteiger partial charge in [-0.3, -0.25) is 14.8 Å². The molecule has 130 valence electrons. The molecule has 2 rings (SSSR count). The number of hydrazone groups is 1. The van der Waals surface area contributed by atoms with E-state index in [4.69, 9.17) is 11.6 Å². The molecule has 0 atom stereocenters. The Bertz CT molecular complexity index is 800. The fraction of sp³-hybridized carbons (Fsp3) is 0.0667. The zero-order valence-electron chi connectivity index (χ0n) is 12.9. The van der Waals surface area contributed by atoms with Crippen molar-refractivity contribution in [2.75, 3.05) is 6.26 Å². The fourth-order valence-corrected chi connectivity index (χ4v) is 3.01. The maximum Gasteiger partial charge on any atom is 0.345 e. The second kappa shape index (κ2) is 9.30. The van der Waals surface area contributed by atoms with Crippen LogP contribution in [-0.4, -0.2) is 23.4 Å². The average molecular weight is 397 g/mol. The number of rotatable bonds is 6. The number of amides is 2. The van der Waals surface area contributed by atoms with Crippen LogP contribution in [0.5, 0.6) is 0 Å². The molecular weight excluding hydrogens is 384 g/mol. The van der Waals surface area contributed by atoms with Crippen LogP contribution in [-0.2, 0) is 0 Å². The predicted octanol–water partition coefficient (Wildman–Crippen LogP) is 4.31. The van der Waals surface area contributed by atoms with Gasteiger partial charge in [0.2, 0.25) is 0 Å². The summed E-state index contributed by atoms with van der Waals surface area (Å²) in [4.78, 5) is 23.4. The van der Waals surface area contributed by atoms with Crippen LogP contribution in [0, 0.1) is 10.1 Å². The molecule has 0 spiro atoms. The molecule has 0 aliphatic carbocycles. The topological polar surface area (TPSA) is 96.6 Å². The maximum absolute atomic E-state index is 11.3. The number of carbonyl (C=O) groups is 1. The summed E-state index contributed by atoms with van der Waals surface area (Å²) in [6.45, 7) is 0. The van der Waals surface area contributed by atoms with Gasteiger partial charge in [-0.15, -0.1) is 0 Å². The van der Waals surface area contributed by atoms with E-state index in [9.17, 15) is 14.9 Å². The van der Waals surface area contributed by atoms with Crippen LogP contribution in [0.3, 0.4) is 0 Å². The third-order valence-electron chi connectivity index (χ3n) is 2.80. The van der Waals surface area contributed by atoms with E-state index in [-0.39, 0.29) is 5.69 Å². The van der Waals surface area contributed by atoms with Crippen molar-refractivity contribution in [1.82, 2.24) is 10.1 Å². The third-order valence-corrected chi connectivity index (χ3v) is 4.51. The number of nitro benzene ring substituents is 1. The van der Waals surface area contributed by atoms with Gasteiger partial charge in [0.1, 0.15) is 0 Å². The van der Waals surface area contributed by atoms with Gasteiger partial charge in [-0.1, -0.05) is 41.4 Å². The van der Waals surface area contributed by atoms with Gasteiger partial charge >= 0.3 is 6.03 Å². The second-order valence-electron chi connectivity index (χ2n) is 4.55. The first kappa shape index (κ1) is 19.1. The Morgan fingerprint density at radius 3 is 2.64 bits per heavy atom. The van der Waals surface area contributed by atoms with E-state index in [0.29, 0.717) is 15.5 Å². The van der Waals surface area contributed by atoms with E-state index in [1.165, 1.54) is 24.0 Å². The molecule has 25 heavy (non-hydrogen) atoms. The van der Waals surface area contributed by atoms with Gasteiger partial charge in [0.05, 0.1) is 16.0 Å². The number of halogens is 1. The van der Waals surface area contributed by atoms with Crippen molar-refractivity contribution in [2.45, 2.75) is 9.79 Å². The highest BCUT2D eigenvalue weighted by atomic mass is 35.5. The maximum atomic E-state index is 11.3. The van der Waals surface area contributed by atoms with E-state index in [0.717, 1.165) is 16.8 Å². The van der Waals surface area contributed by atoms with Gasteiger partial charge in [-0.2, -0.15) is 5.10 Å². The molecule has 0 unspecified atom stereocenters. The van der Waals surface area contributed by atoms with E-state index in [2.05, 4.69) is 15.2 Å². The molecule has 2 aromatic carbocycles. The lowest BCUT2D eigenvalue weighted by atomic mass is 10.2. The molecule has 10 heteroatoms. The molecule has 0 aliphatic heterocycles. The lowest BCUT2D eigenvalue weighted by Gasteiger charge is -2.04. The summed E-state index contributed by atoms with van der Waals surface area (Å²) in [5.41, 5.74) is 2.70. The summed E-state index contributed by atoms with van der Waals surface area (Å²) < 4.78 is 2.43. The number of urea groups is 1. The van der Waals surface area contributed by atoms with Gasteiger partial charge in [-0.05, 0) is 30.3 Å². The first-order valence-electron chi connectivity index (χ1n) is 6.83. The van der Waals surface area contributed by atoms with Gasteiger partial charge < -0.3 is 0 Å². The van der Waals surface area contributed by atoms with Crippen molar-refractivity contribution in [3.63, 3.8) is 0 Å². The molecule has 0 fully saturated rings. The third kappa shape index (κ3) is 5.96. The SMILES string of the molecule is CSNC(=O)N/N=C/c1ccc(Sc2ccc(Cl)cc2)c([N+](=O)[O-])c1. The minimum Gasteiger partial charge on any atom is -0.281 e. The van der Waals surface area contributed by atoms with Crippen molar-refractivity contribution in [1.29, 1.82) is 0 Å². The molecule has 0 heterocycles. The lowest BCUT2D eigenvalue weighted by Crippen LogP contribution is -2.26. The minimum absolute atomic E-state index is 0.0440. The van der Waals surface area contributed by atoms with Crippen LogP contribution in [0.1, 0.15) is 5.56 Å². The van der Waals surface area contributed by atoms with Crippen molar-refractivity contribution in [3.8, 4) is 0 Å². The number of benzene rings is 2. The number of nitrogens with one attached hydrogen (secondary N) is 2. The molecule has 0 saturated heterocycles. The van der Waals surface area contributed by atoms with E-state index in [1.807, 2.05) is 0 Å². The largest absolute Gasteiger partial charge is 0.345 e. The Morgan fingerprint density at radius 2 is 2.00 bits per heavy atom. The number of nitro groups is 1. The monoisotopic (exact) mass is 396 g/mol. The zero-order valence-corrected chi connectivity index (χ0v) is 15.3. The second-order valence-corrected chi connectivity index (χ2v) is 6.71. The Balaban J connectivity index is 2.16. The van der Waals surface area contributed by atoms with Gasteiger partial charge in [0.25, 0.3) is 5.69 Å². The number of carbonyl (C=O) groups excluding carboxylic acids is 1. The van der Waals surface area contributed by atoms with Crippen LogP contribution >= 0.6 is 35.3 Å². The molecular formula is C15H13ClN4O3S2. The van der Waals surface area contributed by atoms with Crippen LogP contribution in [0.4, 0.5) is 10.5 Å². The molecule has 0 saturated carbocycles. The van der Waals surface area contributed by atoms with Gasteiger partial charge in [-0.25, -0.2) is 10.2 Å². The van der Waals surface area contributed by atoms with Crippen molar-refractivity contribution in [3.05, 3.63) is 63.2 Å². The Hall–Kier alpha value is -2.23. The molecule has 0 aromatic heterocycles. The van der Waals surface area contributed by atoms with E-state index < -0.39 is 11.0 Å². The quantitative estimate of drug-likeness (QED) is 0.328. The molecule has 0 radical (unpaired) electrons. The highest BCUT2D eigenvalue weighted by Crippen LogP contribution is 2.35.